The quantitative estimate of drug-likeness (QED) is 0.515. The number of carbonyl (C=O) groups is 2. The topological polar surface area (TPSA) is 137 Å². The molecule has 1 aliphatic carbocycles. The Bertz CT molecular complexity index is 995. The van der Waals surface area contributed by atoms with E-state index >= 15 is 0 Å². The van der Waals surface area contributed by atoms with E-state index in [1.165, 1.54) is 0 Å². The number of carboxylic acid groups (broad SMARTS) is 2. The highest BCUT2D eigenvalue weighted by molar-refractivity contribution is 7.90. The van der Waals surface area contributed by atoms with E-state index in [0.717, 1.165) is 37.9 Å². The molecular formula is C20H25F6N3O7S. The number of alkyl halides is 6. The zero-order valence-corrected chi connectivity index (χ0v) is 20.0. The number of sulfonamides is 1. The average molecular weight is 565 g/mol. The molecule has 3 fully saturated rings. The number of pyridine rings is 1. The maximum atomic E-state index is 12.4. The van der Waals surface area contributed by atoms with Crippen LogP contribution in [0.5, 0.6) is 0 Å². The molecule has 1 saturated carbocycles. The largest absolute Gasteiger partial charge is 0.490 e. The summed E-state index contributed by atoms with van der Waals surface area (Å²) in [6.07, 6.45) is -3.81. The molecule has 3 aliphatic rings. The Hall–Kier alpha value is -2.50. The Balaban J connectivity index is 0.000000286. The number of carboxylic acids is 2. The Morgan fingerprint density at radius 2 is 1.59 bits per heavy atom. The number of aromatic nitrogens is 1. The highest BCUT2D eigenvalue weighted by Crippen LogP contribution is 2.34. The number of ether oxygens (including phenoxy) is 1. The molecule has 0 radical (unpaired) electrons. The second kappa shape index (κ2) is 12.4. The molecule has 10 nitrogen and oxygen atoms in total. The van der Waals surface area contributed by atoms with Crippen LogP contribution in [-0.2, 0) is 31.0 Å². The molecule has 0 bridgehead atoms. The lowest BCUT2D eigenvalue weighted by Crippen LogP contribution is -2.52. The Morgan fingerprint density at radius 3 is 2.05 bits per heavy atom. The molecule has 1 aromatic rings. The van der Waals surface area contributed by atoms with Crippen molar-refractivity contribution in [3.63, 3.8) is 0 Å². The van der Waals surface area contributed by atoms with Gasteiger partial charge in [0.25, 0.3) is 0 Å². The molecule has 2 aliphatic heterocycles. The van der Waals surface area contributed by atoms with Gasteiger partial charge in [-0.3, -0.25) is 9.88 Å². The second-order valence-corrected chi connectivity index (χ2v) is 10.6. The van der Waals surface area contributed by atoms with Crippen LogP contribution >= 0.6 is 0 Å². The van der Waals surface area contributed by atoms with Crippen molar-refractivity contribution in [3.8, 4) is 0 Å². The zero-order chi connectivity index (χ0) is 28.0. The zero-order valence-electron chi connectivity index (χ0n) is 19.2. The lowest BCUT2D eigenvalue weighted by molar-refractivity contribution is -0.193. The molecule has 0 amide bonds. The molecule has 4 rings (SSSR count). The van der Waals surface area contributed by atoms with Gasteiger partial charge in [-0.25, -0.2) is 18.0 Å². The van der Waals surface area contributed by atoms with Crippen molar-refractivity contribution < 1.29 is 59.3 Å². The standard InChI is InChI=1S/C16H23N3O3S.2C2HF3O2/c20-23(21,16-3-4-16)19-7-6-18-11-15(8-14(18)10-19)22-12-13-2-1-5-17-9-13;2*3-2(4,5)1(6)7/h1-2,5,9,14-16H,3-4,6-8,10-12H2;2*(H,6,7). The van der Waals surface area contributed by atoms with Crippen LogP contribution in [0.25, 0.3) is 0 Å². The molecular weight excluding hydrogens is 540 g/mol. The molecule has 2 atom stereocenters. The molecule has 2 unspecified atom stereocenters. The van der Waals surface area contributed by atoms with Crippen LogP contribution in [-0.4, -0.2) is 101 Å². The number of hydrogen-bond donors (Lipinski definition) is 2. The summed E-state index contributed by atoms with van der Waals surface area (Å²) in [5, 5.41) is 14.1. The van der Waals surface area contributed by atoms with Crippen LogP contribution in [0, 0.1) is 0 Å². The van der Waals surface area contributed by atoms with Gasteiger partial charge in [-0.15, -0.1) is 0 Å². The molecule has 210 valence electrons. The minimum atomic E-state index is -5.08. The first kappa shape index (κ1) is 30.7. The van der Waals surface area contributed by atoms with Gasteiger partial charge in [0.2, 0.25) is 10.0 Å². The number of rotatable bonds is 5. The maximum Gasteiger partial charge on any atom is 0.490 e. The summed E-state index contributed by atoms with van der Waals surface area (Å²) < 4.78 is 96.0. The van der Waals surface area contributed by atoms with Gasteiger partial charge in [-0.2, -0.15) is 30.6 Å². The third kappa shape index (κ3) is 9.71. The third-order valence-corrected chi connectivity index (χ3v) is 7.90. The van der Waals surface area contributed by atoms with E-state index in [-0.39, 0.29) is 11.4 Å². The van der Waals surface area contributed by atoms with Crippen LogP contribution in [0.4, 0.5) is 26.3 Å². The summed E-state index contributed by atoms with van der Waals surface area (Å²) in [5.74, 6) is -5.51. The van der Waals surface area contributed by atoms with Crippen LogP contribution in [0.2, 0.25) is 0 Å². The average Bonchev–Trinajstić information content (AvgIpc) is 3.58. The highest BCUT2D eigenvalue weighted by Gasteiger charge is 2.45. The molecule has 3 heterocycles. The van der Waals surface area contributed by atoms with Crippen LogP contribution in [0.1, 0.15) is 24.8 Å². The molecule has 1 aromatic heterocycles. The molecule has 2 saturated heterocycles. The number of aliphatic carboxylic acids is 2. The van der Waals surface area contributed by atoms with Crippen molar-refractivity contribution in [1.82, 2.24) is 14.2 Å². The summed E-state index contributed by atoms with van der Waals surface area (Å²) in [6.45, 7) is 3.56. The fourth-order valence-corrected chi connectivity index (χ4v) is 5.46. The molecule has 37 heavy (non-hydrogen) atoms. The summed E-state index contributed by atoms with van der Waals surface area (Å²) >= 11 is 0. The lowest BCUT2D eigenvalue weighted by atomic mass is 10.1. The van der Waals surface area contributed by atoms with Crippen LogP contribution in [0.15, 0.2) is 24.5 Å². The van der Waals surface area contributed by atoms with Gasteiger partial charge < -0.3 is 14.9 Å². The van der Waals surface area contributed by atoms with Gasteiger partial charge in [-0.1, -0.05) is 6.07 Å². The Morgan fingerprint density at radius 1 is 1.03 bits per heavy atom. The summed E-state index contributed by atoms with van der Waals surface area (Å²) in [6, 6.07) is 4.23. The number of piperazine rings is 1. The van der Waals surface area contributed by atoms with Gasteiger partial charge in [0.05, 0.1) is 18.0 Å². The summed E-state index contributed by atoms with van der Waals surface area (Å²) in [7, 11) is -3.04. The minimum Gasteiger partial charge on any atom is -0.475 e. The number of nitrogens with zero attached hydrogens (tertiary/aromatic N) is 3. The van der Waals surface area contributed by atoms with E-state index in [1.807, 2.05) is 18.3 Å². The SMILES string of the molecule is O=C(O)C(F)(F)F.O=C(O)C(F)(F)F.O=S(=O)(C1CC1)N1CCN2CC(OCc3cccnc3)CC2C1. The van der Waals surface area contributed by atoms with Crippen molar-refractivity contribution in [1.29, 1.82) is 0 Å². The maximum absolute atomic E-state index is 12.4. The van der Waals surface area contributed by atoms with E-state index in [9.17, 15) is 34.8 Å². The van der Waals surface area contributed by atoms with Crippen LogP contribution < -0.4 is 0 Å². The monoisotopic (exact) mass is 565 g/mol. The van der Waals surface area contributed by atoms with E-state index in [4.69, 9.17) is 24.5 Å². The predicted molar refractivity (Wildman–Crippen MR) is 114 cm³/mol. The van der Waals surface area contributed by atoms with Gasteiger partial charge in [-0.05, 0) is 30.9 Å². The van der Waals surface area contributed by atoms with Gasteiger partial charge in [0, 0.05) is 44.6 Å². The molecule has 2 N–H and O–H groups in total. The minimum absolute atomic E-state index is 0.104. The second-order valence-electron chi connectivity index (χ2n) is 8.39. The van der Waals surface area contributed by atoms with Gasteiger partial charge in [0.1, 0.15) is 0 Å². The van der Waals surface area contributed by atoms with Crippen molar-refractivity contribution in [3.05, 3.63) is 30.1 Å². The van der Waals surface area contributed by atoms with E-state index in [0.29, 0.717) is 25.7 Å². The lowest BCUT2D eigenvalue weighted by Gasteiger charge is -2.36. The van der Waals surface area contributed by atoms with Crippen molar-refractivity contribution >= 4 is 22.0 Å². The summed E-state index contributed by atoms with van der Waals surface area (Å²) in [5.41, 5.74) is 1.08. The molecule has 0 spiro atoms. The molecule has 17 heteroatoms. The van der Waals surface area contributed by atoms with E-state index in [2.05, 4.69) is 9.88 Å². The number of halogens is 6. The van der Waals surface area contributed by atoms with Crippen molar-refractivity contribution in [2.24, 2.45) is 0 Å². The molecule has 0 aromatic carbocycles. The first-order chi connectivity index (χ1) is 17.0. The summed E-state index contributed by atoms with van der Waals surface area (Å²) in [4.78, 5) is 24.3. The highest BCUT2D eigenvalue weighted by atomic mass is 32.2. The number of hydrogen-bond acceptors (Lipinski definition) is 7. The smallest absolute Gasteiger partial charge is 0.475 e. The fraction of sp³-hybridized carbons (Fsp3) is 0.650. The van der Waals surface area contributed by atoms with Gasteiger partial charge >= 0.3 is 24.3 Å². The van der Waals surface area contributed by atoms with E-state index < -0.39 is 34.3 Å². The van der Waals surface area contributed by atoms with Crippen LogP contribution in [0.3, 0.4) is 0 Å². The normalized spacial score (nSPS) is 22.6. The van der Waals surface area contributed by atoms with Crippen molar-refractivity contribution in [2.45, 2.75) is 55.6 Å². The fourth-order valence-electron chi connectivity index (χ4n) is 3.59. The number of fused-ring (bicyclic) bond motifs is 1. The predicted octanol–water partition coefficient (Wildman–Crippen LogP) is 2.12. The van der Waals surface area contributed by atoms with Gasteiger partial charge in [0.15, 0.2) is 0 Å². The Kier molecular flexibility index (Phi) is 10.3. The van der Waals surface area contributed by atoms with E-state index in [1.54, 1.807) is 10.5 Å². The first-order valence-electron chi connectivity index (χ1n) is 10.9. The third-order valence-electron chi connectivity index (χ3n) is 5.54. The first-order valence-corrected chi connectivity index (χ1v) is 12.4. The Labute approximate surface area is 207 Å². The van der Waals surface area contributed by atoms with Crippen molar-refractivity contribution in [2.75, 3.05) is 26.2 Å².